The molecular weight excluding hydrogens is 607 g/mol. The average Bonchev–Trinajstić information content (AvgIpc) is 3.52. The van der Waals surface area contributed by atoms with Crippen LogP contribution in [0.1, 0.15) is 40.9 Å². The van der Waals surface area contributed by atoms with Crippen molar-refractivity contribution in [2.45, 2.75) is 37.8 Å². The third-order valence-electron chi connectivity index (χ3n) is 6.54. The Morgan fingerprint density at radius 1 is 1.08 bits per heavy atom. The summed E-state index contributed by atoms with van der Waals surface area (Å²) in [5.74, 6) is -1.05. The molecule has 2 aliphatic rings. The second-order valence-electron chi connectivity index (χ2n) is 9.28. The summed E-state index contributed by atoms with van der Waals surface area (Å²) in [6.07, 6.45) is 3.79. The molecule has 2 atom stereocenters. The van der Waals surface area contributed by atoms with E-state index < -0.39 is 22.0 Å². The molecule has 0 aliphatic carbocycles. The number of nitrogens with zero attached hydrogens (tertiary/aromatic N) is 2. The Balaban J connectivity index is 1.31. The molecule has 3 heterocycles. The average molecular weight is 634 g/mol. The number of nitrogens with one attached hydrogen (secondary N) is 2. The first-order valence-electron chi connectivity index (χ1n) is 12.3. The van der Waals surface area contributed by atoms with Crippen LogP contribution in [0.4, 0.5) is 0 Å². The molecule has 2 aliphatic heterocycles. The highest BCUT2D eigenvalue weighted by Crippen LogP contribution is 2.24. The molecule has 2 fully saturated rings. The molecule has 1 aromatic heterocycles. The molecule has 2 N–H and O–H groups in total. The van der Waals surface area contributed by atoms with E-state index in [4.69, 9.17) is 34.8 Å². The van der Waals surface area contributed by atoms with Crippen molar-refractivity contribution in [1.82, 2.24) is 19.8 Å². The lowest BCUT2D eigenvalue weighted by atomic mass is 10.1. The first-order valence-corrected chi connectivity index (χ1v) is 15.8. The van der Waals surface area contributed by atoms with Crippen LogP contribution in [0.3, 0.4) is 0 Å². The van der Waals surface area contributed by atoms with E-state index in [-0.39, 0.29) is 36.0 Å². The zero-order valence-electron chi connectivity index (χ0n) is 20.7. The quantitative estimate of drug-likeness (QED) is 0.433. The normalized spacial score (nSPS) is 20.1. The molecule has 0 saturated carbocycles. The van der Waals surface area contributed by atoms with Crippen LogP contribution in [0.25, 0.3) is 6.08 Å². The summed E-state index contributed by atoms with van der Waals surface area (Å²) in [5.41, 5.74) is 0.290. The molecule has 4 rings (SSSR count). The van der Waals surface area contributed by atoms with Gasteiger partial charge in [-0.2, -0.15) is 4.72 Å². The molecular formula is C25H27Cl3N4O5S2. The number of carbonyl (C=O) groups excluding carboxylic acids is 3. The van der Waals surface area contributed by atoms with E-state index in [2.05, 4.69) is 10.0 Å². The lowest BCUT2D eigenvalue weighted by molar-refractivity contribution is -0.143. The zero-order chi connectivity index (χ0) is 28.2. The van der Waals surface area contributed by atoms with Crippen molar-refractivity contribution in [1.29, 1.82) is 0 Å². The topological polar surface area (TPSA) is 116 Å². The summed E-state index contributed by atoms with van der Waals surface area (Å²) < 4.78 is 28.1. The molecule has 14 heteroatoms. The Labute approximate surface area is 246 Å². The maximum absolute atomic E-state index is 13.2. The van der Waals surface area contributed by atoms with Crippen LogP contribution in [0.15, 0.2) is 35.7 Å². The van der Waals surface area contributed by atoms with E-state index >= 15 is 0 Å². The summed E-state index contributed by atoms with van der Waals surface area (Å²) in [6, 6.07) is 6.79. The van der Waals surface area contributed by atoms with Crippen LogP contribution in [-0.2, 0) is 19.6 Å². The van der Waals surface area contributed by atoms with Crippen molar-refractivity contribution in [3.63, 3.8) is 0 Å². The molecule has 3 amide bonds. The monoisotopic (exact) mass is 632 g/mol. The summed E-state index contributed by atoms with van der Waals surface area (Å²) >= 11 is 19.1. The number of piperidine rings is 1. The van der Waals surface area contributed by atoms with Crippen LogP contribution >= 0.6 is 46.1 Å². The number of likely N-dealkylation sites (tertiary alicyclic amines) is 2. The van der Waals surface area contributed by atoms with Gasteiger partial charge in [-0.05, 0) is 62.1 Å². The minimum Gasteiger partial charge on any atom is -0.350 e. The standard InChI is InChI=1S/C25H27Cl3N4O5S2/c26-16-5-7-19(20(27)13-16)24(34)29-14-17-3-1-11-32(17)23(33)15-31-10-2-4-21(25(31)35)30-39(36,37)12-9-18-6-8-22(28)38-18/h5-9,12-13,17,21,30H,1-4,10-11,14-15H2,(H,29,34)/b12-9+. The SMILES string of the molecule is O=C(NCC1CCCN1C(=O)CN1CCCC(NS(=O)(=O)/C=C/c2ccc(Cl)s2)C1=O)c1ccc(Cl)cc1Cl. The van der Waals surface area contributed by atoms with E-state index in [9.17, 15) is 22.8 Å². The lowest BCUT2D eigenvalue weighted by Gasteiger charge is -2.34. The van der Waals surface area contributed by atoms with Crippen molar-refractivity contribution in [2.75, 3.05) is 26.2 Å². The van der Waals surface area contributed by atoms with Gasteiger partial charge in [0, 0.05) is 41.0 Å². The van der Waals surface area contributed by atoms with E-state index in [0.29, 0.717) is 52.2 Å². The predicted molar refractivity (Wildman–Crippen MR) is 154 cm³/mol. The first kappa shape index (κ1) is 29.8. The third-order valence-corrected chi connectivity index (χ3v) is 9.39. The molecule has 0 bridgehead atoms. The van der Waals surface area contributed by atoms with E-state index in [1.165, 1.54) is 34.4 Å². The molecule has 2 unspecified atom stereocenters. The van der Waals surface area contributed by atoms with Crippen molar-refractivity contribution in [2.24, 2.45) is 0 Å². The highest BCUT2D eigenvalue weighted by molar-refractivity contribution is 7.92. The fourth-order valence-corrected chi connectivity index (χ4v) is 7.19. The summed E-state index contributed by atoms with van der Waals surface area (Å²) in [4.78, 5) is 42.5. The number of hydrogen-bond donors (Lipinski definition) is 2. The smallest absolute Gasteiger partial charge is 0.252 e. The molecule has 210 valence electrons. The van der Waals surface area contributed by atoms with Gasteiger partial charge in [0.2, 0.25) is 21.8 Å². The fourth-order valence-electron chi connectivity index (χ4n) is 4.63. The van der Waals surface area contributed by atoms with Crippen molar-refractivity contribution < 1.29 is 22.8 Å². The number of sulfonamides is 1. The Hall–Kier alpha value is -2.15. The predicted octanol–water partition coefficient (Wildman–Crippen LogP) is 4.01. The van der Waals surface area contributed by atoms with E-state index in [1.807, 2.05) is 0 Å². The highest BCUT2D eigenvalue weighted by atomic mass is 35.5. The van der Waals surface area contributed by atoms with E-state index in [1.54, 1.807) is 23.1 Å². The first-order chi connectivity index (χ1) is 18.5. The highest BCUT2D eigenvalue weighted by Gasteiger charge is 2.35. The Bertz CT molecular complexity index is 1380. The van der Waals surface area contributed by atoms with Gasteiger partial charge in [0.25, 0.3) is 5.91 Å². The van der Waals surface area contributed by atoms with Gasteiger partial charge < -0.3 is 15.1 Å². The number of halogens is 3. The van der Waals surface area contributed by atoms with E-state index in [0.717, 1.165) is 11.8 Å². The van der Waals surface area contributed by atoms with Crippen LogP contribution in [0.5, 0.6) is 0 Å². The molecule has 1 aromatic carbocycles. The van der Waals surface area contributed by atoms with Gasteiger partial charge in [-0.3, -0.25) is 14.4 Å². The Kier molecular flexibility index (Phi) is 9.95. The van der Waals surface area contributed by atoms with Crippen LogP contribution in [0.2, 0.25) is 14.4 Å². The Morgan fingerprint density at radius 2 is 1.85 bits per heavy atom. The number of amides is 3. The fraction of sp³-hybridized carbons (Fsp3) is 0.400. The van der Waals surface area contributed by atoms with Crippen molar-refractivity contribution in [3.05, 3.63) is 60.6 Å². The van der Waals surface area contributed by atoms with Crippen molar-refractivity contribution >= 4 is 80.0 Å². The molecule has 2 aromatic rings. The van der Waals surface area contributed by atoms with Gasteiger partial charge in [-0.25, -0.2) is 8.42 Å². The Morgan fingerprint density at radius 3 is 2.56 bits per heavy atom. The number of rotatable bonds is 9. The minimum absolute atomic E-state index is 0.159. The molecule has 0 radical (unpaired) electrons. The largest absolute Gasteiger partial charge is 0.350 e. The number of carbonyl (C=O) groups is 3. The molecule has 2 saturated heterocycles. The van der Waals surface area contributed by atoms with Gasteiger partial charge in [-0.1, -0.05) is 34.8 Å². The molecule has 9 nitrogen and oxygen atoms in total. The van der Waals surface area contributed by atoms with Crippen LogP contribution in [-0.4, -0.2) is 74.2 Å². The van der Waals surface area contributed by atoms with Crippen LogP contribution in [0, 0.1) is 0 Å². The maximum atomic E-state index is 13.2. The molecule has 39 heavy (non-hydrogen) atoms. The maximum Gasteiger partial charge on any atom is 0.252 e. The minimum atomic E-state index is -3.89. The van der Waals surface area contributed by atoms with Gasteiger partial charge >= 0.3 is 0 Å². The second-order valence-corrected chi connectivity index (χ2v) is 13.5. The second kappa shape index (κ2) is 13.0. The van der Waals surface area contributed by atoms with Gasteiger partial charge in [-0.15, -0.1) is 11.3 Å². The number of thiophene rings is 1. The summed E-state index contributed by atoms with van der Waals surface area (Å²) in [5, 5.41) is 4.49. The summed E-state index contributed by atoms with van der Waals surface area (Å²) in [7, 11) is -3.89. The van der Waals surface area contributed by atoms with Gasteiger partial charge in [0.15, 0.2) is 0 Å². The van der Waals surface area contributed by atoms with Crippen LogP contribution < -0.4 is 10.0 Å². The van der Waals surface area contributed by atoms with Gasteiger partial charge in [0.1, 0.15) is 6.04 Å². The number of hydrogen-bond acceptors (Lipinski definition) is 6. The zero-order valence-corrected chi connectivity index (χ0v) is 24.6. The molecule has 0 spiro atoms. The third kappa shape index (κ3) is 7.96. The lowest BCUT2D eigenvalue weighted by Crippen LogP contribution is -2.55. The number of benzene rings is 1. The summed E-state index contributed by atoms with van der Waals surface area (Å²) in [6.45, 7) is 0.947. The van der Waals surface area contributed by atoms with Crippen molar-refractivity contribution in [3.8, 4) is 0 Å². The van der Waals surface area contributed by atoms with Gasteiger partial charge in [0.05, 0.1) is 21.5 Å².